The number of ether oxygens (including phenoxy) is 2. The Morgan fingerprint density at radius 2 is 2.00 bits per heavy atom. The van der Waals surface area contributed by atoms with Crippen molar-refractivity contribution >= 4 is 5.78 Å². The number of nitrogens with zero attached hydrogens (tertiary/aromatic N) is 2. The number of morpholine rings is 1. The molecule has 1 aliphatic heterocycles. The van der Waals surface area contributed by atoms with E-state index in [9.17, 15) is 4.79 Å². The molecule has 0 spiro atoms. The number of benzene rings is 1. The third-order valence-corrected chi connectivity index (χ3v) is 3.74. The predicted molar refractivity (Wildman–Crippen MR) is 83.4 cm³/mol. The Hall–Kier alpha value is -2.18. The molecule has 122 valence electrons. The van der Waals surface area contributed by atoms with Gasteiger partial charge in [0.25, 0.3) is 0 Å². The number of rotatable bonds is 6. The van der Waals surface area contributed by atoms with Crippen LogP contribution in [0.2, 0.25) is 0 Å². The molecule has 1 saturated heterocycles. The van der Waals surface area contributed by atoms with Gasteiger partial charge in [0, 0.05) is 24.7 Å². The predicted octanol–water partition coefficient (Wildman–Crippen LogP) is 2.29. The average molecular weight is 316 g/mol. The molecule has 6 heteroatoms. The molecule has 2 heterocycles. The Labute approximate surface area is 135 Å². The van der Waals surface area contributed by atoms with E-state index >= 15 is 0 Å². The van der Waals surface area contributed by atoms with Gasteiger partial charge in [0.1, 0.15) is 18.1 Å². The van der Waals surface area contributed by atoms with Gasteiger partial charge in [0.05, 0.1) is 19.8 Å². The summed E-state index contributed by atoms with van der Waals surface area (Å²) in [7, 11) is 0. The topological polar surface area (TPSA) is 64.8 Å². The van der Waals surface area contributed by atoms with Gasteiger partial charge in [0.2, 0.25) is 0 Å². The Morgan fingerprint density at radius 3 is 2.70 bits per heavy atom. The summed E-state index contributed by atoms with van der Waals surface area (Å²) in [6.07, 6.45) is 0. The number of hydrogen-bond donors (Lipinski definition) is 0. The van der Waals surface area contributed by atoms with E-state index in [1.165, 1.54) is 0 Å². The highest BCUT2D eigenvalue weighted by atomic mass is 16.5. The molecule has 0 aliphatic carbocycles. The molecular formula is C17H20N2O4. The SMILES string of the molecule is CC(=O)c1ccc(OCc2cc(CN3CCOCC3)on2)cc1. The zero-order valence-electron chi connectivity index (χ0n) is 13.2. The minimum atomic E-state index is 0.0424. The first-order valence-electron chi connectivity index (χ1n) is 7.69. The second-order valence-corrected chi connectivity index (χ2v) is 5.54. The van der Waals surface area contributed by atoms with Crippen molar-refractivity contribution in [1.82, 2.24) is 10.1 Å². The first-order valence-corrected chi connectivity index (χ1v) is 7.69. The van der Waals surface area contributed by atoms with Crippen LogP contribution in [0.3, 0.4) is 0 Å². The van der Waals surface area contributed by atoms with Crippen LogP contribution in [0.5, 0.6) is 5.75 Å². The van der Waals surface area contributed by atoms with E-state index in [2.05, 4.69) is 10.1 Å². The number of Topliss-reactive ketones (excluding diaryl/α,β-unsaturated/α-hetero) is 1. The van der Waals surface area contributed by atoms with Crippen LogP contribution in [0, 0.1) is 0 Å². The van der Waals surface area contributed by atoms with Gasteiger partial charge >= 0.3 is 0 Å². The number of ketones is 1. The fourth-order valence-electron chi connectivity index (χ4n) is 2.42. The zero-order valence-corrected chi connectivity index (χ0v) is 13.2. The first kappa shape index (κ1) is 15.7. The highest BCUT2D eigenvalue weighted by Gasteiger charge is 2.14. The summed E-state index contributed by atoms with van der Waals surface area (Å²) in [5.41, 5.74) is 1.43. The van der Waals surface area contributed by atoms with Crippen LogP contribution in [-0.2, 0) is 17.9 Å². The summed E-state index contributed by atoms with van der Waals surface area (Å²) in [5, 5.41) is 4.03. The summed E-state index contributed by atoms with van der Waals surface area (Å²) in [5.74, 6) is 1.57. The molecule has 0 amide bonds. The van der Waals surface area contributed by atoms with Gasteiger partial charge in [-0.15, -0.1) is 0 Å². The van der Waals surface area contributed by atoms with Gasteiger partial charge in [-0.3, -0.25) is 9.69 Å². The third kappa shape index (κ3) is 4.40. The van der Waals surface area contributed by atoms with Gasteiger partial charge < -0.3 is 14.0 Å². The molecule has 1 aromatic carbocycles. The smallest absolute Gasteiger partial charge is 0.159 e. The van der Waals surface area contributed by atoms with E-state index in [1.807, 2.05) is 6.07 Å². The third-order valence-electron chi connectivity index (χ3n) is 3.74. The highest BCUT2D eigenvalue weighted by Crippen LogP contribution is 2.15. The molecule has 6 nitrogen and oxygen atoms in total. The lowest BCUT2D eigenvalue weighted by Crippen LogP contribution is -2.35. The van der Waals surface area contributed by atoms with Crippen LogP contribution in [0.25, 0.3) is 0 Å². The Kier molecular flexibility index (Phi) is 5.05. The Balaban J connectivity index is 1.51. The van der Waals surface area contributed by atoms with Gasteiger partial charge in [-0.25, -0.2) is 0 Å². The van der Waals surface area contributed by atoms with Crippen LogP contribution < -0.4 is 4.74 Å². The Bertz CT molecular complexity index is 645. The molecule has 0 unspecified atom stereocenters. The van der Waals surface area contributed by atoms with Gasteiger partial charge in [-0.2, -0.15) is 0 Å². The standard InChI is InChI=1S/C17H20N2O4/c1-13(20)14-2-4-16(5-3-14)22-12-15-10-17(23-18-15)11-19-6-8-21-9-7-19/h2-5,10H,6-9,11-12H2,1H3. The maximum Gasteiger partial charge on any atom is 0.159 e. The Morgan fingerprint density at radius 1 is 1.26 bits per heavy atom. The van der Waals surface area contributed by atoms with Crippen LogP contribution in [0.15, 0.2) is 34.9 Å². The van der Waals surface area contributed by atoms with E-state index in [-0.39, 0.29) is 5.78 Å². The molecule has 2 aromatic rings. The lowest BCUT2D eigenvalue weighted by atomic mass is 10.1. The minimum Gasteiger partial charge on any atom is -0.487 e. The molecule has 0 N–H and O–H groups in total. The maximum absolute atomic E-state index is 11.2. The molecule has 23 heavy (non-hydrogen) atoms. The van der Waals surface area contributed by atoms with Crippen molar-refractivity contribution in [2.75, 3.05) is 26.3 Å². The number of aromatic nitrogens is 1. The molecule has 1 fully saturated rings. The van der Waals surface area contributed by atoms with Crippen molar-refractivity contribution in [3.8, 4) is 5.75 Å². The first-order chi connectivity index (χ1) is 11.2. The van der Waals surface area contributed by atoms with Crippen LogP contribution in [0.1, 0.15) is 28.7 Å². The summed E-state index contributed by atoms with van der Waals surface area (Å²) in [6.45, 7) is 5.97. The highest BCUT2D eigenvalue weighted by molar-refractivity contribution is 5.94. The van der Waals surface area contributed by atoms with E-state index in [1.54, 1.807) is 31.2 Å². The van der Waals surface area contributed by atoms with Crippen LogP contribution in [-0.4, -0.2) is 42.1 Å². The summed E-state index contributed by atoms with van der Waals surface area (Å²) >= 11 is 0. The fourth-order valence-corrected chi connectivity index (χ4v) is 2.42. The monoisotopic (exact) mass is 316 g/mol. The fraction of sp³-hybridized carbons (Fsp3) is 0.412. The quantitative estimate of drug-likeness (QED) is 0.762. The second kappa shape index (κ2) is 7.39. The number of carbonyl (C=O) groups excluding carboxylic acids is 1. The molecule has 0 bridgehead atoms. The van der Waals surface area contributed by atoms with Gasteiger partial charge in [-0.05, 0) is 31.2 Å². The van der Waals surface area contributed by atoms with Gasteiger partial charge in [0.15, 0.2) is 11.5 Å². The largest absolute Gasteiger partial charge is 0.487 e. The van der Waals surface area contributed by atoms with Crippen LogP contribution in [0.4, 0.5) is 0 Å². The molecule has 1 aromatic heterocycles. The molecule has 3 rings (SSSR count). The molecule has 0 saturated carbocycles. The minimum absolute atomic E-state index is 0.0424. The normalized spacial score (nSPS) is 15.5. The summed E-state index contributed by atoms with van der Waals surface area (Å²) < 4.78 is 16.3. The van der Waals surface area contributed by atoms with Crippen LogP contribution >= 0.6 is 0 Å². The van der Waals surface area contributed by atoms with Crippen molar-refractivity contribution < 1.29 is 18.8 Å². The lowest BCUT2D eigenvalue weighted by molar-refractivity contribution is 0.0305. The zero-order chi connectivity index (χ0) is 16.1. The molecule has 0 atom stereocenters. The van der Waals surface area contributed by atoms with Crippen molar-refractivity contribution in [2.24, 2.45) is 0 Å². The van der Waals surface area contributed by atoms with E-state index in [0.717, 1.165) is 44.3 Å². The number of hydrogen-bond acceptors (Lipinski definition) is 6. The van der Waals surface area contributed by atoms with Gasteiger partial charge in [-0.1, -0.05) is 5.16 Å². The van der Waals surface area contributed by atoms with Crippen molar-refractivity contribution in [3.63, 3.8) is 0 Å². The maximum atomic E-state index is 11.2. The average Bonchev–Trinajstić information content (AvgIpc) is 3.02. The van der Waals surface area contributed by atoms with E-state index in [0.29, 0.717) is 17.9 Å². The summed E-state index contributed by atoms with van der Waals surface area (Å²) in [6, 6.07) is 8.99. The molecule has 0 radical (unpaired) electrons. The van der Waals surface area contributed by atoms with Crippen molar-refractivity contribution in [1.29, 1.82) is 0 Å². The second-order valence-electron chi connectivity index (χ2n) is 5.54. The number of carbonyl (C=O) groups is 1. The van der Waals surface area contributed by atoms with E-state index in [4.69, 9.17) is 14.0 Å². The van der Waals surface area contributed by atoms with E-state index < -0.39 is 0 Å². The summed E-state index contributed by atoms with van der Waals surface area (Å²) in [4.78, 5) is 13.5. The van der Waals surface area contributed by atoms with Crippen molar-refractivity contribution in [2.45, 2.75) is 20.1 Å². The molecule has 1 aliphatic rings. The van der Waals surface area contributed by atoms with Crippen molar-refractivity contribution in [3.05, 3.63) is 47.3 Å². The molecular weight excluding hydrogens is 296 g/mol. The lowest BCUT2D eigenvalue weighted by Gasteiger charge is -2.25.